The first-order chi connectivity index (χ1) is 16.9. The molecule has 2 aromatic heterocycles. The topological polar surface area (TPSA) is 113 Å². The minimum absolute atomic E-state index is 0.0997. The molecule has 10 heteroatoms. The third-order valence-electron chi connectivity index (χ3n) is 6.25. The van der Waals surface area contributed by atoms with Gasteiger partial charge < -0.3 is 10.4 Å². The Hall–Kier alpha value is -4.18. The van der Waals surface area contributed by atoms with Crippen molar-refractivity contribution >= 4 is 28.6 Å². The van der Waals surface area contributed by atoms with Crippen LogP contribution in [0.2, 0.25) is 0 Å². The maximum absolute atomic E-state index is 15.3. The fraction of sp³-hybridized carbons (Fsp3) is 0.240. The molecule has 0 aliphatic carbocycles. The molecule has 1 saturated heterocycles. The van der Waals surface area contributed by atoms with Crippen LogP contribution >= 0.6 is 0 Å². The molecule has 0 spiro atoms. The molecule has 35 heavy (non-hydrogen) atoms. The van der Waals surface area contributed by atoms with Gasteiger partial charge in [-0.25, -0.2) is 14.2 Å². The average molecular weight is 474 g/mol. The molecule has 1 amide bonds. The predicted octanol–water partition coefficient (Wildman–Crippen LogP) is 3.87. The molecule has 5 rings (SSSR count). The number of amides is 1. The third-order valence-corrected chi connectivity index (χ3v) is 6.25. The molecule has 0 saturated carbocycles. The second-order valence-electron chi connectivity index (χ2n) is 8.51. The number of nitrogens with zero attached hydrogens (tertiary/aromatic N) is 5. The van der Waals surface area contributed by atoms with Gasteiger partial charge in [-0.15, -0.1) is 5.10 Å². The van der Waals surface area contributed by atoms with Crippen LogP contribution in [0.4, 0.5) is 15.0 Å². The number of benzene rings is 2. The van der Waals surface area contributed by atoms with E-state index in [1.165, 1.54) is 24.4 Å². The molecular formula is C25H23FN6O3. The van der Waals surface area contributed by atoms with Crippen molar-refractivity contribution in [2.24, 2.45) is 0 Å². The summed E-state index contributed by atoms with van der Waals surface area (Å²) in [4.78, 5) is 31.1. The average Bonchev–Trinajstić information content (AvgIpc) is 3.36. The Morgan fingerprint density at radius 2 is 2.09 bits per heavy atom. The zero-order valence-electron chi connectivity index (χ0n) is 19.0. The smallest absolute Gasteiger partial charge is 0.433 e. The van der Waals surface area contributed by atoms with E-state index in [0.717, 1.165) is 35.7 Å². The SMILES string of the molecule is Cc1cccc2ccnc(N(C(=O)c3ccc(-c4cn(C(=O)O)nn4)cc3F)[C@@H]3CCCNC3)c12. The van der Waals surface area contributed by atoms with Crippen LogP contribution in [0.15, 0.2) is 54.9 Å². The van der Waals surface area contributed by atoms with Crippen LogP contribution in [-0.2, 0) is 0 Å². The Kier molecular flexibility index (Phi) is 5.96. The molecule has 1 fully saturated rings. The number of carbonyl (C=O) groups is 2. The summed E-state index contributed by atoms with van der Waals surface area (Å²) in [6, 6.07) is 11.7. The number of carbonyl (C=O) groups excluding carboxylic acids is 1. The zero-order chi connectivity index (χ0) is 24.5. The first kappa shape index (κ1) is 22.6. The van der Waals surface area contributed by atoms with Crippen molar-refractivity contribution in [3.63, 3.8) is 0 Å². The first-order valence-electron chi connectivity index (χ1n) is 11.3. The van der Waals surface area contributed by atoms with Gasteiger partial charge in [-0.05, 0) is 55.5 Å². The summed E-state index contributed by atoms with van der Waals surface area (Å²) in [5.41, 5.74) is 1.38. The summed E-state index contributed by atoms with van der Waals surface area (Å²) in [5, 5.41) is 21.4. The van der Waals surface area contributed by atoms with Crippen LogP contribution in [0, 0.1) is 12.7 Å². The van der Waals surface area contributed by atoms with Crippen molar-refractivity contribution in [3.8, 4) is 11.3 Å². The van der Waals surface area contributed by atoms with Gasteiger partial charge >= 0.3 is 6.09 Å². The quantitative estimate of drug-likeness (QED) is 0.462. The van der Waals surface area contributed by atoms with Crippen LogP contribution in [0.5, 0.6) is 0 Å². The first-order valence-corrected chi connectivity index (χ1v) is 11.3. The molecule has 0 radical (unpaired) electrons. The van der Waals surface area contributed by atoms with Crippen molar-refractivity contribution < 1.29 is 19.1 Å². The molecule has 1 aliphatic rings. The van der Waals surface area contributed by atoms with Gasteiger partial charge in [0.2, 0.25) is 0 Å². The summed E-state index contributed by atoms with van der Waals surface area (Å²) in [7, 11) is 0. The number of rotatable bonds is 4. The molecule has 2 aromatic carbocycles. The van der Waals surface area contributed by atoms with Gasteiger partial charge in [-0.1, -0.05) is 29.5 Å². The van der Waals surface area contributed by atoms with Gasteiger partial charge in [0.25, 0.3) is 5.91 Å². The van der Waals surface area contributed by atoms with Crippen molar-refractivity contribution in [1.29, 1.82) is 0 Å². The zero-order valence-corrected chi connectivity index (χ0v) is 19.0. The van der Waals surface area contributed by atoms with Gasteiger partial charge in [0.15, 0.2) is 0 Å². The summed E-state index contributed by atoms with van der Waals surface area (Å²) >= 11 is 0. The van der Waals surface area contributed by atoms with Crippen LogP contribution in [-0.4, -0.2) is 56.2 Å². The summed E-state index contributed by atoms with van der Waals surface area (Å²) < 4.78 is 16.0. The molecule has 1 aliphatic heterocycles. The molecule has 178 valence electrons. The Balaban J connectivity index is 1.58. The van der Waals surface area contributed by atoms with Gasteiger partial charge in [-0.2, -0.15) is 4.68 Å². The number of fused-ring (bicyclic) bond motifs is 1. The summed E-state index contributed by atoms with van der Waals surface area (Å²) in [6.45, 7) is 3.41. The highest BCUT2D eigenvalue weighted by atomic mass is 19.1. The van der Waals surface area contributed by atoms with Gasteiger partial charge in [-0.3, -0.25) is 9.69 Å². The largest absolute Gasteiger partial charge is 0.463 e. The Bertz CT molecular complexity index is 1420. The van der Waals surface area contributed by atoms with E-state index in [-0.39, 0.29) is 17.3 Å². The molecule has 2 N–H and O–H groups in total. The maximum Gasteiger partial charge on any atom is 0.433 e. The second-order valence-corrected chi connectivity index (χ2v) is 8.51. The van der Waals surface area contributed by atoms with Crippen molar-refractivity contribution in [1.82, 2.24) is 25.3 Å². The Morgan fingerprint density at radius 1 is 1.23 bits per heavy atom. The highest BCUT2D eigenvalue weighted by Gasteiger charge is 2.31. The molecule has 0 unspecified atom stereocenters. The molecule has 1 atom stereocenters. The van der Waals surface area contributed by atoms with Crippen molar-refractivity contribution in [2.75, 3.05) is 18.0 Å². The highest BCUT2D eigenvalue weighted by Crippen LogP contribution is 2.32. The highest BCUT2D eigenvalue weighted by molar-refractivity contribution is 6.11. The second kappa shape index (κ2) is 9.22. The number of aromatic nitrogens is 4. The molecule has 0 bridgehead atoms. The standard InChI is InChI=1S/C25H23FN6O3/c1-15-4-2-5-16-9-11-28-23(22(15)16)32(18-6-3-10-27-13-18)24(33)19-8-7-17(12-20(19)26)21-14-31(25(34)35)30-29-21/h2,4-5,7-9,11-12,14,18,27H,3,6,10,13H2,1H3,(H,34,35)/t18-/m1/s1. The van der Waals surface area contributed by atoms with E-state index < -0.39 is 17.8 Å². The molecular weight excluding hydrogens is 451 g/mol. The molecule has 4 aromatic rings. The summed E-state index contributed by atoms with van der Waals surface area (Å²) in [6.07, 6.45) is 3.20. The Morgan fingerprint density at radius 3 is 2.80 bits per heavy atom. The maximum atomic E-state index is 15.3. The number of nitrogens with one attached hydrogen (secondary N) is 1. The predicted molar refractivity (Wildman–Crippen MR) is 128 cm³/mol. The fourth-order valence-corrected chi connectivity index (χ4v) is 4.53. The lowest BCUT2D eigenvalue weighted by Gasteiger charge is -2.35. The van der Waals surface area contributed by atoms with E-state index >= 15 is 4.39 Å². The lowest BCUT2D eigenvalue weighted by Crippen LogP contribution is -2.49. The monoisotopic (exact) mass is 474 g/mol. The lowest BCUT2D eigenvalue weighted by atomic mass is 10.0. The number of piperidine rings is 1. The minimum Gasteiger partial charge on any atom is -0.463 e. The van der Waals surface area contributed by atoms with Gasteiger partial charge in [0.05, 0.1) is 17.8 Å². The van der Waals surface area contributed by atoms with Crippen LogP contribution in [0.3, 0.4) is 0 Å². The number of hydrogen-bond acceptors (Lipinski definition) is 6. The van der Waals surface area contributed by atoms with Gasteiger partial charge in [0, 0.05) is 23.7 Å². The number of anilines is 1. The molecule has 3 heterocycles. The van der Waals surface area contributed by atoms with Crippen LogP contribution in [0.25, 0.3) is 22.0 Å². The number of aryl methyl sites for hydroxylation is 1. The van der Waals surface area contributed by atoms with Crippen LogP contribution in [0.1, 0.15) is 28.8 Å². The number of carboxylic acid groups (broad SMARTS) is 1. The van der Waals surface area contributed by atoms with E-state index in [4.69, 9.17) is 5.11 Å². The van der Waals surface area contributed by atoms with Crippen molar-refractivity contribution in [3.05, 3.63) is 71.8 Å². The lowest BCUT2D eigenvalue weighted by molar-refractivity contribution is 0.0968. The van der Waals surface area contributed by atoms with Crippen molar-refractivity contribution in [2.45, 2.75) is 25.8 Å². The molecule has 9 nitrogen and oxygen atoms in total. The minimum atomic E-state index is -1.30. The van der Waals surface area contributed by atoms with E-state index in [0.29, 0.717) is 22.6 Å². The van der Waals surface area contributed by atoms with E-state index in [2.05, 4.69) is 20.6 Å². The number of halogens is 1. The van der Waals surface area contributed by atoms with E-state index in [9.17, 15) is 9.59 Å². The Labute approximate surface area is 200 Å². The number of pyridine rings is 1. The number of hydrogen-bond donors (Lipinski definition) is 2. The van der Waals surface area contributed by atoms with Gasteiger partial charge in [0.1, 0.15) is 17.3 Å². The normalized spacial score (nSPS) is 15.8. The fourth-order valence-electron chi connectivity index (χ4n) is 4.53. The summed E-state index contributed by atoms with van der Waals surface area (Å²) in [5.74, 6) is -0.713. The van der Waals surface area contributed by atoms with E-state index in [1.54, 1.807) is 11.1 Å². The van der Waals surface area contributed by atoms with Crippen LogP contribution < -0.4 is 10.2 Å². The third kappa shape index (κ3) is 4.24. The van der Waals surface area contributed by atoms with E-state index in [1.807, 2.05) is 31.2 Å².